The van der Waals surface area contributed by atoms with E-state index in [1.807, 2.05) is 0 Å². The molecule has 1 unspecified atom stereocenters. The van der Waals surface area contributed by atoms with Crippen LogP contribution in [0.1, 0.15) is 0 Å². The van der Waals surface area contributed by atoms with Crippen molar-refractivity contribution in [2.75, 3.05) is 20.3 Å². The Morgan fingerprint density at radius 1 is 1.29 bits per heavy atom. The number of nitrogens with one attached hydrogen (secondary N) is 2. The number of aliphatic carboxylic acids is 1. The van der Waals surface area contributed by atoms with Gasteiger partial charge in [0.25, 0.3) is 0 Å². The van der Waals surface area contributed by atoms with Gasteiger partial charge in [-0.2, -0.15) is 0 Å². The van der Waals surface area contributed by atoms with Crippen molar-refractivity contribution in [3.63, 3.8) is 0 Å². The van der Waals surface area contributed by atoms with Crippen molar-refractivity contribution in [2.45, 2.75) is 10.9 Å². The molecule has 1 aromatic rings. The van der Waals surface area contributed by atoms with Gasteiger partial charge in [0.1, 0.15) is 0 Å². The molecule has 1 amide bonds. The fourth-order valence-electron chi connectivity index (χ4n) is 1.43. The van der Waals surface area contributed by atoms with E-state index in [2.05, 4.69) is 14.8 Å². The highest BCUT2D eigenvalue weighted by Gasteiger charge is 2.21. The molecule has 0 heterocycles. The summed E-state index contributed by atoms with van der Waals surface area (Å²) in [6, 6.07) is 6.29. The van der Waals surface area contributed by atoms with Crippen molar-refractivity contribution < 1.29 is 27.9 Å². The largest absolute Gasteiger partial charge is 0.480 e. The average molecular weight is 316 g/mol. The lowest BCUT2D eigenvalue weighted by Gasteiger charge is -2.13. The first kappa shape index (κ1) is 17.1. The molecule has 3 N–H and O–H groups in total. The summed E-state index contributed by atoms with van der Waals surface area (Å²) in [5.74, 6) is -2.03. The zero-order valence-corrected chi connectivity index (χ0v) is 12.1. The number of ether oxygens (including phenoxy) is 1. The van der Waals surface area contributed by atoms with E-state index in [9.17, 15) is 18.0 Å². The first-order chi connectivity index (χ1) is 9.86. The van der Waals surface area contributed by atoms with Crippen LogP contribution in [0.5, 0.6) is 0 Å². The molecule has 1 atom stereocenters. The van der Waals surface area contributed by atoms with Gasteiger partial charge in [0.15, 0.2) is 6.04 Å². The van der Waals surface area contributed by atoms with Crippen molar-refractivity contribution in [1.82, 2.24) is 10.0 Å². The summed E-state index contributed by atoms with van der Waals surface area (Å²) in [4.78, 5) is 22.4. The van der Waals surface area contributed by atoms with Crippen LogP contribution in [0.3, 0.4) is 0 Å². The quantitative estimate of drug-likeness (QED) is 0.576. The number of hydrogen-bond acceptors (Lipinski definition) is 5. The lowest BCUT2D eigenvalue weighted by Crippen LogP contribution is -2.47. The number of carbonyl (C=O) groups is 2. The van der Waals surface area contributed by atoms with Crippen molar-refractivity contribution >= 4 is 21.9 Å². The Morgan fingerprint density at radius 3 is 2.43 bits per heavy atom. The molecule has 1 rings (SSSR count). The number of hydrogen-bond donors (Lipinski definition) is 3. The number of methoxy groups -OCH3 is 1. The Kier molecular flexibility index (Phi) is 6.28. The Bertz CT molecular complexity index is 587. The van der Waals surface area contributed by atoms with Gasteiger partial charge in [-0.15, -0.1) is 0 Å². The number of carbonyl (C=O) groups excluding carboxylic acids is 1. The average Bonchev–Trinajstić information content (AvgIpc) is 2.45. The molecule has 0 bridgehead atoms. The third-order valence-electron chi connectivity index (χ3n) is 2.44. The number of benzene rings is 1. The van der Waals surface area contributed by atoms with Crippen LogP contribution in [0.15, 0.2) is 35.2 Å². The van der Waals surface area contributed by atoms with Crippen molar-refractivity contribution in [3.05, 3.63) is 30.3 Å². The number of carboxylic acids is 1. The fourth-order valence-corrected chi connectivity index (χ4v) is 2.43. The summed E-state index contributed by atoms with van der Waals surface area (Å²) in [5, 5.41) is 11.0. The summed E-state index contributed by atoms with van der Waals surface area (Å²) in [6.45, 7) is -0.781. The third kappa shape index (κ3) is 5.50. The highest BCUT2D eigenvalue weighted by Crippen LogP contribution is 2.06. The van der Waals surface area contributed by atoms with Crippen LogP contribution in [0.4, 0.5) is 0 Å². The van der Waals surface area contributed by atoms with Crippen molar-refractivity contribution in [2.24, 2.45) is 0 Å². The fraction of sp³-hybridized carbons (Fsp3) is 0.333. The normalized spacial score (nSPS) is 12.6. The predicted molar refractivity (Wildman–Crippen MR) is 73.1 cm³/mol. The maximum Gasteiger partial charge on any atom is 0.328 e. The Hall–Kier alpha value is -1.97. The molecule has 0 aliphatic rings. The molecule has 0 aliphatic carbocycles. The molecule has 8 nitrogen and oxygen atoms in total. The van der Waals surface area contributed by atoms with E-state index in [-0.39, 0.29) is 11.5 Å². The molecular formula is C12H16N2O6S. The van der Waals surface area contributed by atoms with Gasteiger partial charge in [0.2, 0.25) is 15.9 Å². The first-order valence-electron chi connectivity index (χ1n) is 5.92. The molecular weight excluding hydrogens is 300 g/mol. The van der Waals surface area contributed by atoms with Gasteiger partial charge in [0.05, 0.1) is 18.0 Å². The van der Waals surface area contributed by atoms with E-state index >= 15 is 0 Å². The SMILES string of the molecule is COCC(NC(=O)CNS(=O)(=O)c1ccccc1)C(=O)O. The van der Waals surface area contributed by atoms with Crippen LogP contribution < -0.4 is 10.0 Å². The number of sulfonamides is 1. The van der Waals surface area contributed by atoms with Gasteiger partial charge < -0.3 is 15.2 Å². The molecule has 9 heteroatoms. The van der Waals surface area contributed by atoms with E-state index in [0.29, 0.717) is 0 Å². The summed E-state index contributed by atoms with van der Waals surface area (Å²) in [7, 11) is -2.52. The van der Waals surface area contributed by atoms with Gasteiger partial charge >= 0.3 is 5.97 Å². The summed E-state index contributed by atoms with van der Waals surface area (Å²) in [5.41, 5.74) is 0. The number of amides is 1. The first-order valence-corrected chi connectivity index (χ1v) is 7.41. The van der Waals surface area contributed by atoms with Crippen LogP contribution in [0.25, 0.3) is 0 Å². The molecule has 0 fully saturated rings. The van der Waals surface area contributed by atoms with Crippen LogP contribution >= 0.6 is 0 Å². The standard InChI is InChI=1S/C12H16N2O6S/c1-20-8-10(12(16)17)14-11(15)7-13-21(18,19)9-5-3-2-4-6-9/h2-6,10,13H,7-8H2,1H3,(H,14,15)(H,16,17). The zero-order valence-electron chi connectivity index (χ0n) is 11.3. The van der Waals surface area contributed by atoms with Gasteiger partial charge in [0, 0.05) is 7.11 Å². The van der Waals surface area contributed by atoms with Crippen LogP contribution in [0, 0.1) is 0 Å². The van der Waals surface area contributed by atoms with Gasteiger partial charge in [-0.3, -0.25) is 4.79 Å². The molecule has 0 saturated carbocycles. The molecule has 0 aromatic heterocycles. The Balaban J connectivity index is 2.58. The van der Waals surface area contributed by atoms with Crippen LogP contribution in [0.2, 0.25) is 0 Å². The van der Waals surface area contributed by atoms with Crippen LogP contribution in [-0.4, -0.2) is 51.7 Å². The zero-order chi connectivity index (χ0) is 15.9. The molecule has 21 heavy (non-hydrogen) atoms. The minimum Gasteiger partial charge on any atom is -0.480 e. The summed E-state index contributed by atoms with van der Waals surface area (Å²) in [6.07, 6.45) is 0. The second-order valence-corrected chi connectivity index (χ2v) is 5.82. The predicted octanol–water partition coefficient (Wildman–Crippen LogP) is -0.819. The third-order valence-corrected chi connectivity index (χ3v) is 3.86. The van der Waals surface area contributed by atoms with E-state index in [4.69, 9.17) is 5.11 Å². The minimum atomic E-state index is -3.81. The topological polar surface area (TPSA) is 122 Å². The smallest absolute Gasteiger partial charge is 0.328 e. The maximum absolute atomic E-state index is 11.8. The van der Waals surface area contributed by atoms with Crippen molar-refractivity contribution in [1.29, 1.82) is 0 Å². The number of rotatable bonds is 8. The monoisotopic (exact) mass is 316 g/mol. The van der Waals surface area contributed by atoms with E-state index in [0.717, 1.165) is 0 Å². The van der Waals surface area contributed by atoms with Gasteiger partial charge in [-0.05, 0) is 12.1 Å². The van der Waals surface area contributed by atoms with Crippen molar-refractivity contribution in [3.8, 4) is 0 Å². The van der Waals surface area contributed by atoms with E-state index in [1.165, 1.54) is 19.2 Å². The summed E-state index contributed by atoms with van der Waals surface area (Å²) < 4.78 is 30.4. The molecule has 0 spiro atoms. The second kappa shape index (κ2) is 7.72. The molecule has 1 aromatic carbocycles. The number of carboxylic acid groups (broad SMARTS) is 1. The maximum atomic E-state index is 11.8. The molecule has 0 aliphatic heterocycles. The molecule has 0 saturated heterocycles. The second-order valence-electron chi connectivity index (χ2n) is 4.05. The molecule has 116 valence electrons. The Labute approximate surface area is 122 Å². The van der Waals surface area contributed by atoms with Gasteiger partial charge in [-0.1, -0.05) is 18.2 Å². The minimum absolute atomic E-state index is 0.0180. The Morgan fingerprint density at radius 2 is 1.90 bits per heavy atom. The van der Waals surface area contributed by atoms with E-state index < -0.39 is 34.5 Å². The lowest BCUT2D eigenvalue weighted by molar-refractivity contribution is -0.143. The van der Waals surface area contributed by atoms with Gasteiger partial charge in [-0.25, -0.2) is 17.9 Å². The lowest BCUT2D eigenvalue weighted by atomic mass is 10.3. The summed E-state index contributed by atoms with van der Waals surface area (Å²) >= 11 is 0. The highest BCUT2D eigenvalue weighted by molar-refractivity contribution is 7.89. The molecule has 0 radical (unpaired) electrons. The van der Waals surface area contributed by atoms with E-state index in [1.54, 1.807) is 18.2 Å². The van der Waals surface area contributed by atoms with Crippen LogP contribution in [-0.2, 0) is 24.3 Å². The highest BCUT2D eigenvalue weighted by atomic mass is 32.2.